The summed E-state index contributed by atoms with van der Waals surface area (Å²) >= 11 is 0. The second-order valence-corrected chi connectivity index (χ2v) is 16.7. The van der Waals surface area contributed by atoms with Crippen LogP contribution in [0.5, 0.6) is 34.5 Å². The average Bonchev–Trinajstić information content (AvgIpc) is 4.26. The van der Waals surface area contributed by atoms with Crippen molar-refractivity contribution < 1.29 is 43.9 Å². The number of benzene rings is 6. The van der Waals surface area contributed by atoms with Gasteiger partial charge in [0.2, 0.25) is 0 Å². The minimum absolute atomic E-state index is 0.205. The van der Waals surface area contributed by atoms with Gasteiger partial charge in [0.1, 0.15) is 84.7 Å². The Morgan fingerprint density at radius 3 is 1.22 bits per heavy atom. The zero-order valence-electron chi connectivity index (χ0n) is 38.1. The second kappa shape index (κ2) is 16.2. The number of esters is 3. The zero-order chi connectivity index (χ0) is 48.7. The average molecular weight is 928 g/mol. The fourth-order valence-electron chi connectivity index (χ4n) is 7.73. The van der Waals surface area contributed by atoms with Crippen LogP contribution in [0.25, 0.3) is 50.2 Å². The van der Waals surface area contributed by atoms with Crippen LogP contribution in [0.3, 0.4) is 0 Å². The Bertz CT molecular complexity index is 3980. The van der Waals surface area contributed by atoms with Crippen molar-refractivity contribution in [3.8, 4) is 51.6 Å². The van der Waals surface area contributed by atoms with Crippen molar-refractivity contribution in [3.05, 3.63) is 163 Å². The summed E-state index contributed by atoms with van der Waals surface area (Å²) in [7, 11) is 0. The van der Waals surface area contributed by atoms with Gasteiger partial charge in [-0.15, -0.1) is 42.2 Å². The van der Waals surface area contributed by atoms with Gasteiger partial charge >= 0.3 is 17.9 Å². The summed E-state index contributed by atoms with van der Waals surface area (Å²) in [6, 6.07) is 34.4. The highest BCUT2D eigenvalue weighted by Crippen LogP contribution is 2.36. The Balaban J connectivity index is 0.000000120. The molecule has 12 aromatic rings. The maximum absolute atomic E-state index is 11.6. The molecule has 69 heavy (non-hydrogen) atoms. The summed E-state index contributed by atoms with van der Waals surface area (Å²) in [6.07, 6.45) is 0.898. The van der Waals surface area contributed by atoms with Crippen molar-refractivity contribution in [2.45, 2.75) is 41.0 Å². The normalized spacial score (nSPS) is 11.6. The molecular formula is C51H45N9O9. The van der Waals surface area contributed by atoms with Crippen molar-refractivity contribution in [3.63, 3.8) is 0 Å². The summed E-state index contributed by atoms with van der Waals surface area (Å²) in [5.41, 5.74) is 11.1. The lowest BCUT2D eigenvalue weighted by molar-refractivity contribution is -0.130. The van der Waals surface area contributed by atoms with Crippen molar-refractivity contribution >= 4 is 51.0 Å². The van der Waals surface area contributed by atoms with E-state index in [0.717, 1.165) is 56.3 Å². The van der Waals surface area contributed by atoms with Crippen LogP contribution < -0.4 is 14.2 Å². The first-order valence-electron chi connectivity index (χ1n) is 21.7. The van der Waals surface area contributed by atoms with Gasteiger partial charge < -0.3 is 29.5 Å². The van der Waals surface area contributed by atoms with Gasteiger partial charge in [-0.25, -0.2) is 14.4 Å². The molecule has 0 amide bonds. The van der Waals surface area contributed by atoms with Crippen LogP contribution in [0.1, 0.15) is 38.8 Å². The summed E-state index contributed by atoms with van der Waals surface area (Å²) in [5, 5.41) is 30.1. The lowest BCUT2D eigenvalue weighted by Gasteiger charge is -2.04. The van der Waals surface area contributed by atoms with Gasteiger partial charge in [0.05, 0.1) is 0 Å². The summed E-state index contributed by atoms with van der Waals surface area (Å²) in [6.45, 7) is 19.6. The predicted octanol–water partition coefficient (Wildman–Crippen LogP) is 8.69. The van der Waals surface area contributed by atoms with E-state index in [2.05, 4.69) is 26.7 Å². The second-order valence-electron chi connectivity index (χ2n) is 16.7. The van der Waals surface area contributed by atoms with Crippen molar-refractivity contribution in [2.24, 2.45) is 0 Å². The van der Waals surface area contributed by atoms with Gasteiger partial charge in [0.25, 0.3) is 0 Å². The number of fused-ring (bicyclic) bond motifs is 12. The molecule has 0 unspecified atom stereocenters. The fourth-order valence-corrected chi connectivity index (χ4v) is 7.73. The molecule has 0 bridgehead atoms. The molecule has 18 nitrogen and oxygen atoms in total. The molecule has 6 aromatic heterocycles. The number of aryl methyl sites for hydroxylation is 2. The first-order valence-corrected chi connectivity index (χ1v) is 21.7. The van der Waals surface area contributed by atoms with Crippen LogP contribution in [0, 0.1) is 6.92 Å². The van der Waals surface area contributed by atoms with Crippen molar-refractivity contribution in [2.75, 3.05) is 0 Å². The Labute approximate surface area is 391 Å². The van der Waals surface area contributed by atoms with E-state index in [-0.39, 0.29) is 17.2 Å². The molecule has 0 aliphatic carbocycles. The molecule has 6 aromatic carbocycles. The maximum Gasteiger partial charge on any atom is 0.338 e. The number of carbonyl (C=O) groups excluding carboxylic acids is 3. The topological polar surface area (TPSA) is 181 Å². The van der Waals surface area contributed by atoms with Gasteiger partial charge in [0.15, 0.2) is 0 Å². The van der Waals surface area contributed by atoms with Crippen LogP contribution >= 0.6 is 0 Å². The first kappa shape index (κ1) is 43.4. The molecule has 18 heteroatoms. The molecule has 12 rings (SSSR count). The fraction of sp³-hybridized carbons (Fsp3) is 0.118. The van der Waals surface area contributed by atoms with E-state index >= 15 is 0 Å². The van der Waals surface area contributed by atoms with Crippen molar-refractivity contribution in [1.29, 1.82) is 0 Å². The quantitative estimate of drug-likeness (QED) is 0.0687. The Morgan fingerprint density at radius 1 is 0.449 bits per heavy atom. The molecule has 3 N–H and O–H groups in total. The molecule has 6 heterocycles. The molecule has 0 radical (unpaired) electrons. The van der Waals surface area contributed by atoms with Crippen molar-refractivity contribution in [1.82, 2.24) is 42.2 Å². The highest BCUT2D eigenvalue weighted by molar-refractivity contribution is 5.91. The number of ether oxygens (including phenoxy) is 3. The lowest BCUT2D eigenvalue weighted by Crippen LogP contribution is -2.08. The molecule has 0 aliphatic rings. The van der Waals surface area contributed by atoms with E-state index in [1.165, 1.54) is 0 Å². The summed E-state index contributed by atoms with van der Waals surface area (Å²) in [4.78, 5) is 40.4. The number of hydrogen-bond acceptors (Lipinski definition) is 9. The number of hydrogen-bond donors (Lipinski definition) is 3. The van der Waals surface area contributed by atoms with Crippen LogP contribution in [0.15, 0.2) is 152 Å². The van der Waals surface area contributed by atoms with Gasteiger partial charge in [-0.05, 0) is 118 Å². The third-order valence-electron chi connectivity index (χ3n) is 11.4. The third-order valence-corrected chi connectivity index (χ3v) is 11.4. The number of phenolic OH excluding ortho intramolecular Hbond substituents is 3. The Morgan fingerprint density at radius 2 is 0.812 bits per heavy atom. The Hall–Kier alpha value is -9.45. The van der Waals surface area contributed by atoms with Gasteiger partial charge in [-0.1, -0.05) is 50.9 Å². The predicted molar refractivity (Wildman–Crippen MR) is 257 cm³/mol. The molecule has 0 aliphatic heterocycles. The maximum atomic E-state index is 11.6. The van der Waals surface area contributed by atoms with Crippen LogP contribution in [0.2, 0.25) is 0 Å². The standard InChI is InChI=1S/C18H17N3O3.C17H15N3O3.C16H13N3O3/c1-4-12-5-8-17(22)16(9-12)21-19-14-7-6-13(10-15(14)20(19)21)24-18(23)11(2)3;1-10(2)17(22)23-12-5-6-13-14(9-12)19-18(13)20(19)15-8-11(3)4-7-16(15)21;1-10(2)16(21)22-11-7-8-12-14(9-11)19-17(12)18(19)13-5-3-4-6-15(13)20/h5-10,22H,2,4H2,1,3H3;4-9,21H,1H2,2-3H3;3-9,20H,1H2,2H3. The molecule has 0 saturated carbocycles. The first-order chi connectivity index (χ1) is 33.1. The zero-order valence-corrected chi connectivity index (χ0v) is 38.1. The highest BCUT2D eigenvalue weighted by Gasteiger charge is 2.29. The number of nitrogens with zero attached hydrogens (tertiary/aromatic N) is 9. The van der Waals surface area contributed by atoms with E-state index in [4.69, 9.17) is 14.2 Å². The monoisotopic (exact) mass is 927 g/mol. The van der Waals surface area contributed by atoms with Gasteiger partial charge in [0, 0.05) is 34.9 Å². The van der Waals surface area contributed by atoms with Gasteiger partial charge in [-0.3, -0.25) is 0 Å². The van der Waals surface area contributed by atoms with E-state index in [0.29, 0.717) is 45.3 Å². The third kappa shape index (κ3) is 7.45. The SMILES string of the molecule is C=C(C)C(=O)Oc1ccc2c(c1)n1n(-c3cc(C)ccc3O)n21.C=C(C)C(=O)Oc1ccc2c(c1)n1n(-c3cc(CC)ccc3O)n21.C=C(C)C(=O)Oc1ccc2c(c1)n1n(-c3ccccc3O)n21. The molecule has 0 saturated heterocycles. The van der Waals surface area contributed by atoms with Crippen LogP contribution in [-0.4, -0.2) is 75.4 Å². The van der Waals surface area contributed by atoms with Crippen LogP contribution in [-0.2, 0) is 20.8 Å². The van der Waals surface area contributed by atoms with E-state index < -0.39 is 17.9 Å². The molecule has 0 spiro atoms. The number of rotatable bonds is 10. The summed E-state index contributed by atoms with van der Waals surface area (Å²) < 4.78 is 27.2. The minimum Gasteiger partial charge on any atom is -0.506 e. The number of aromatic nitrogens is 9. The van der Waals surface area contributed by atoms with E-state index in [1.807, 2.05) is 104 Å². The summed E-state index contributed by atoms with van der Waals surface area (Å²) in [5.74, 6) is 0.719. The van der Waals surface area contributed by atoms with E-state index in [9.17, 15) is 29.7 Å². The molecule has 0 atom stereocenters. The lowest BCUT2D eigenvalue weighted by atomic mass is 10.1. The molecule has 0 fully saturated rings. The van der Waals surface area contributed by atoms with Gasteiger partial charge in [-0.2, -0.15) is 0 Å². The number of aromatic hydroxyl groups is 3. The number of phenols is 3. The largest absolute Gasteiger partial charge is 0.506 e. The molecule has 348 valence electrons. The minimum atomic E-state index is -0.445. The Kier molecular flexibility index (Phi) is 10.2. The number of para-hydroxylation sites is 2. The highest BCUT2D eigenvalue weighted by atomic mass is 16.5. The number of carbonyl (C=O) groups is 3. The molecular weight excluding hydrogens is 883 g/mol. The van der Waals surface area contributed by atoms with Crippen LogP contribution in [0.4, 0.5) is 0 Å². The van der Waals surface area contributed by atoms with E-state index in [1.54, 1.807) is 81.4 Å². The smallest absolute Gasteiger partial charge is 0.338 e.